The van der Waals surface area contributed by atoms with E-state index in [4.69, 9.17) is 0 Å². The average molecular weight is 276 g/mol. The number of hydrogen-bond donors (Lipinski definition) is 1. The number of hydrogen-bond acceptors (Lipinski definition) is 2. The van der Waals surface area contributed by atoms with Crippen LogP contribution in [0.4, 0.5) is 17.6 Å². The van der Waals surface area contributed by atoms with Crippen LogP contribution in [0.15, 0.2) is 35.7 Å². The van der Waals surface area contributed by atoms with E-state index >= 15 is 0 Å². The fourth-order valence-corrected chi connectivity index (χ4v) is 2.31. The van der Waals surface area contributed by atoms with Crippen molar-refractivity contribution in [1.82, 2.24) is 0 Å². The topological polar surface area (TPSA) is 20.2 Å². The van der Waals surface area contributed by atoms with Gasteiger partial charge in [0.25, 0.3) is 0 Å². The molecule has 1 nitrogen and oxygen atoms in total. The van der Waals surface area contributed by atoms with Gasteiger partial charge in [-0.25, -0.2) is 4.39 Å². The number of halogens is 4. The molecule has 0 aliphatic carbocycles. The molecule has 0 saturated heterocycles. The van der Waals surface area contributed by atoms with Gasteiger partial charge in [-0.15, -0.1) is 11.3 Å². The fourth-order valence-electron chi connectivity index (χ4n) is 1.58. The number of aliphatic hydroxyl groups excluding tert-OH is 1. The lowest BCUT2D eigenvalue weighted by Gasteiger charge is -2.14. The van der Waals surface area contributed by atoms with Gasteiger partial charge in [0, 0.05) is 10.4 Å². The van der Waals surface area contributed by atoms with E-state index in [1.54, 1.807) is 11.4 Å². The molecule has 0 amide bonds. The van der Waals surface area contributed by atoms with Gasteiger partial charge >= 0.3 is 6.18 Å². The van der Waals surface area contributed by atoms with Crippen molar-refractivity contribution in [2.75, 3.05) is 0 Å². The Morgan fingerprint density at radius 2 is 1.83 bits per heavy atom. The molecule has 0 saturated carbocycles. The highest BCUT2D eigenvalue weighted by Gasteiger charge is 2.35. The summed E-state index contributed by atoms with van der Waals surface area (Å²) in [4.78, 5) is 0.397. The first-order chi connectivity index (χ1) is 8.41. The molecule has 6 heteroatoms. The maximum atomic E-state index is 13.7. The Balaban J connectivity index is 2.47. The van der Waals surface area contributed by atoms with Crippen molar-refractivity contribution in [3.05, 3.63) is 57.5 Å². The Labute approximate surface area is 104 Å². The molecule has 1 aromatic heterocycles. The highest BCUT2D eigenvalue weighted by Crippen LogP contribution is 2.35. The van der Waals surface area contributed by atoms with Crippen LogP contribution in [0.25, 0.3) is 0 Å². The zero-order valence-electron chi connectivity index (χ0n) is 8.91. The van der Waals surface area contributed by atoms with E-state index in [1.165, 1.54) is 6.07 Å². The van der Waals surface area contributed by atoms with Gasteiger partial charge in [-0.3, -0.25) is 0 Å². The Bertz CT molecular complexity index is 534. The summed E-state index contributed by atoms with van der Waals surface area (Å²) in [6.07, 6.45) is -6.15. The molecule has 1 aromatic carbocycles. The third kappa shape index (κ3) is 2.39. The lowest BCUT2D eigenvalue weighted by Crippen LogP contribution is -2.11. The standard InChI is InChI=1S/C12H8F4OS/c13-10-7(11(17)9-5-2-6-18-9)3-1-4-8(10)12(14,15)16/h1-6,11,17H. The van der Waals surface area contributed by atoms with Crippen molar-refractivity contribution in [3.63, 3.8) is 0 Å². The summed E-state index contributed by atoms with van der Waals surface area (Å²) in [5.74, 6) is -1.43. The van der Waals surface area contributed by atoms with Crippen LogP contribution >= 0.6 is 11.3 Å². The number of benzene rings is 1. The van der Waals surface area contributed by atoms with Crippen LogP contribution in [0.1, 0.15) is 22.1 Å². The van der Waals surface area contributed by atoms with E-state index in [0.29, 0.717) is 10.9 Å². The Morgan fingerprint density at radius 3 is 2.39 bits per heavy atom. The zero-order valence-corrected chi connectivity index (χ0v) is 9.73. The Hall–Kier alpha value is -1.40. The van der Waals surface area contributed by atoms with E-state index in [9.17, 15) is 22.7 Å². The molecule has 0 fully saturated rings. The molecule has 2 rings (SSSR count). The summed E-state index contributed by atoms with van der Waals surface area (Å²) in [5, 5.41) is 11.5. The Kier molecular flexibility index (Phi) is 3.41. The predicted octanol–water partition coefficient (Wildman–Crippen LogP) is 3.99. The van der Waals surface area contributed by atoms with E-state index in [2.05, 4.69) is 0 Å². The Morgan fingerprint density at radius 1 is 1.11 bits per heavy atom. The average Bonchev–Trinajstić information content (AvgIpc) is 2.80. The zero-order chi connectivity index (χ0) is 13.3. The minimum Gasteiger partial charge on any atom is -0.383 e. The third-order valence-electron chi connectivity index (χ3n) is 2.44. The smallest absolute Gasteiger partial charge is 0.383 e. The first kappa shape index (κ1) is 13.0. The molecule has 0 aliphatic heterocycles. The molecule has 0 bridgehead atoms. The quantitative estimate of drug-likeness (QED) is 0.822. The van der Waals surface area contributed by atoms with Crippen LogP contribution in [0, 0.1) is 5.82 Å². The molecular weight excluding hydrogens is 268 g/mol. The normalized spacial score (nSPS) is 13.6. The summed E-state index contributed by atoms with van der Waals surface area (Å²) >= 11 is 1.15. The van der Waals surface area contributed by atoms with Crippen molar-refractivity contribution in [3.8, 4) is 0 Å². The minimum atomic E-state index is -4.77. The molecule has 1 atom stereocenters. The van der Waals surface area contributed by atoms with Crippen molar-refractivity contribution >= 4 is 11.3 Å². The summed E-state index contributed by atoms with van der Waals surface area (Å²) in [5.41, 5.74) is -1.73. The molecule has 0 spiro atoms. The second kappa shape index (κ2) is 4.70. The molecule has 1 heterocycles. The highest BCUT2D eigenvalue weighted by atomic mass is 32.1. The van der Waals surface area contributed by atoms with Crippen LogP contribution in [0.3, 0.4) is 0 Å². The van der Waals surface area contributed by atoms with Crippen molar-refractivity contribution < 1.29 is 22.7 Å². The second-order valence-electron chi connectivity index (χ2n) is 3.62. The molecule has 0 radical (unpaired) electrons. The van der Waals surface area contributed by atoms with Gasteiger partial charge in [-0.2, -0.15) is 13.2 Å². The first-order valence-electron chi connectivity index (χ1n) is 4.98. The van der Waals surface area contributed by atoms with Crippen LogP contribution in [-0.2, 0) is 6.18 Å². The van der Waals surface area contributed by atoms with E-state index in [-0.39, 0.29) is 5.56 Å². The molecule has 2 aromatic rings. The van der Waals surface area contributed by atoms with Gasteiger partial charge in [0.05, 0.1) is 5.56 Å². The summed E-state index contributed by atoms with van der Waals surface area (Å²) in [6, 6.07) is 6.05. The van der Waals surface area contributed by atoms with Crippen molar-refractivity contribution in [1.29, 1.82) is 0 Å². The molecule has 1 unspecified atom stereocenters. The third-order valence-corrected chi connectivity index (χ3v) is 3.37. The molecular formula is C12H8F4OS. The molecule has 1 N–H and O–H groups in total. The van der Waals surface area contributed by atoms with Crippen LogP contribution in [-0.4, -0.2) is 5.11 Å². The largest absolute Gasteiger partial charge is 0.419 e. The van der Waals surface area contributed by atoms with Crippen LogP contribution < -0.4 is 0 Å². The van der Waals surface area contributed by atoms with E-state index in [0.717, 1.165) is 23.5 Å². The summed E-state index contributed by atoms with van der Waals surface area (Å²) < 4.78 is 51.3. The number of alkyl halides is 3. The summed E-state index contributed by atoms with van der Waals surface area (Å²) in [7, 11) is 0. The SMILES string of the molecule is OC(c1cccs1)c1cccc(C(F)(F)F)c1F. The monoisotopic (exact) mass is 276 g/mol. The highest BCUT2D eigenvalue weighted by molar-refractivity contribution is 7.10. The number of aliphatic hydroxyl groups is 1. The number of rotatable bonds is 2. The van der Waals surface area contributed by atoms with Crippen molar-refractivity contribution in [2.45, 2.75) is 12.3 Å². The molecule has 96 valence electrons. The second-order valence-corrected chi connectivity index (χ2v) is 4.60. The van der Waals surface area contributed by atoms with Gasteiger partial charge in [0.15, 0.2) is 0 Å². The van der Waals surface area contributed by atoms with E-state index < -0.39 is 23.7 Å². The van der Waals surface area contributed by atoms with Crippen molar-refractivity contribution in [2.24, 2.45) is 0 Å². The number of thiophene rings is 1. The van der Waals surface area contributed by atoms with Gasteiger partial charge < -0.3 is 5.11 Å². The summed E-state index contributed by atoms with van der Waals surface area (Å²) in [6.45, 7) is 0. The van der Waals surface area contributed by atoms with Crippen LogP contribution in [0.5, 0.6) is 0 Å². The molecule has 0 aliphatic rings. The van der Waals surface area contributed by atoms with Gasteiger partial charge in [-0.1, -0.05) is 18.2 Å². The fraction of sp³-hybridized carbons (Fsp3) is 0.167. The maximum absolute atomic E-state index is 13.7. The van der Waals surface area contributed by atoms with Crippen LogP contribution in [0.2, 0.25) is 0 Å². The minimum absolute atomic E-state index is 0.368. The van der Waals surface area contributed by atoms with Gasteiger partial charge in [0.1, 0.15) is 11.9 Å². The predicted molar refractivity (Wildman–Crippen MR) is 59.8 cm³/mol. The first-order valence-corrected chi connectivity index (χ1v) is 5.86. The maximum Gasteiger partial charge on any atom is 0.419 e. The molecule has 18 heavy (non-hydrogen) atoms. The lowest BCUT2D eigenvalue weighted by atomic mass is 10.0. The van der Waals surface area contributed by atoms with E-state index in [1.807, 2.05) is 0 Å². The van der Waals surface area contributed by atoms with Gasteiger partial charge in [-0.05, 0) is 17.5 Å². The van der Waals surface area contributed by atoms with Gasteiger partial charge in [0.2, 0.25) is 0 Å². The lowest BCUT2D eigenvalue weighted by molar-refractivity contribution is -0.140.